The molecule has 1 N–H and O–H groups in total. The molecule has 0 unspecified atom stereocenters. The van der Waals surface area contributed by atoms with Crippen LogP contribution < -0.4 is 5.32 Å². The Kier molecular flexibility index (Phi) is 6.54. The van der Waals surface area contributed by atoms with Gasteiger partial charge in [0.1, 0.15) is 5.00 Å². The Labute approximate surface area is 179 Å². The van der Waals surface area contributed by atoms with Crippen LogP contribution in [-0.2, 0) is 28.6 Å². The Hall–Kier alpha value is -3.08. The molecule has 1 aromatic heterocycles. The van der Waals surface area contributed by atoms with Gasteiger partial charge >= 0.3 is 18.2 Å². The van der Waals surface area contributed by atoms with Gasteiger partial charge in [-0.15, -0.1) is 11.3 Å². The van der Waals surface area contributed by atoms with Gasteiger partial charge in [0.25, 0.3) is 5.91 Å². The zero-order chi connectivity index (χ0) is 22.8. The van der Waals surface area contributed by atoms with Crippen LogP contribution in [0.15, 0.2) is 24.3 Å². The predicted octanol–water partition coefficient (Wildman–Crippen LogP) is 4.32. The third kappa shape index (κ3) is 4.82. The molecule has 166 valence electrons. The quantitative estimate of drug-likeness (QED) is 0.693. The highest BCUT2D eigenvalue weighted by atomic mass is 32.1. The van der Waals surface area contributed by atoms with Crippen LogP contribution in [0.1, 0.15) is 43.6 Å². The summed E-state index contributed by atoms with van der Waals surface area (Å²) < 4.78 is 48.7. The van der Waals surface area contributed by atoms with E-state index in [-0.39, 0.29) is 29.3 Å². The van der Waals surface area contributed by atoms with Crippen molar-refractivity contribution in [1.82, 2.24) is 4.90 Å². The lowest BCUT2D eigenvalue weighted by Gasteiger charge is -2.26. The molecule has 0 saturated heterocycles. The number of nitrogens with zero attached hydrogens (tertiary/aromatic N) is 1. The summed E-state index contributed by atoms with van der Waals surface area (Å²) in [5, 5.41) is 2.68. The number of ether oxygens (including phenoxy) is 2. The van der Waals surface area contributed by atoms with Crippen molar-refractivity contribution in [2.75, 3.05) is 25.6 Å². The van der Waals surface area contributed by atoms with Crippen molar-refractivity contribution < 1.29 is 37.0 Å². The third-order valence-corrected chi connectivity index (χ3v) is 5.78. The molecular weight excluding hydrogens is 437 g/mol. The number of carbonyl (C=O) groups is 3. The lowest BCUT2D eigenvalue weighted by Crippen LogP contribution is -2.36. The molecule has 2 amide bonds. The smallest absolute Gasteiger partial charge is 0.416 e. The van der Waals surface area contributed by atoms with Crippen LogP contribution in [0.5, 0.6) is 0 Å². The molecule has 1 aromatic carbocycles. The number of hydrogen-bond donors (Lipinski definition) is 1. The lowest BCUT2D eigenvalue weighted by molar-refractivity contribution is -0.137. The van der Waals surface area contributed by atoms with Gasteiger partial charge in [-0.3, -0.25) is 4.79 Å². The maximum Gasteiger partial charge on any atom is 0.416 e. The van der Waals surface area contributed by atoms with Gasteiger partial charge in [0.2, 0.25) is 0 Å². The summed E-state index contributed by atoms with van der Waals surface area (Å²) in [5.74, 6) is -1.47. The highest BCUT2D eigenvalue weighted by Gasteiger charge is 2.33. The van der Waals surface area contributed by atoms with Gasteiger partial charge in [0.05, 0.1) is 31.4 Å². The van der Waals surface area contributed by atoms with E-state index in [0.29, 0.717) is 23.4 Å². The molecule has 0 bridgehead atoms. The van der Waals surface area contributed by atoms with E-state index in [1.165, 1.54) is 18.1 Å². The summed E-state index contributed by atoms with van der Waals surface area (Å²) in [6.45, 7) is 2.41. The second-order valence-electron chi connectivity index (χ2n) is 6.60. The number of benzene rings is 1. The first-order valence-electron chi connectivity index (χ1n) is 9.28. The number of methoxy groups -OCH3 is 1. The summed E-state index contributed by atoms with van der Waals surface area (Å²) in [4.78, 5) is 39.1. The molecule has 7 nitrogen and oxygen atoms in total. The molecule has 1 aliphatic heterocycles. The number of hydrogen-bond acceptors (Lipinski definition) is 6. The van der Waals surface area contributed by atoms with Crippen molar-refractivity contribution in [3.8, 4) is 0 Å². The van der Waals surface area contributed by atoms with Crippen LogP contribution >= 0.6 is 11.3 Å². The first-order chi connectivity index (χ1) is 14.7. The summed E-state index contributed by atoms with van der Waals surface area (Å²) in [7, 11) is 1.19. The second-order valence-corrected chi connectivity index (χ2v) is 7.71. The second kappa shape index (κ2) is 8.96. The van der Waals surface area contributed by atoms with Crippen LogP contribution in [0.2, 0.25) is 0 Å². The minimum absolute atomic E-state index is 0.145. The van der Waals surface area contributed by atoms with Gasteiger partial charge in [-0.2, -0.15) is 13.2 Å². The van der Waals surface area contributed by atoms with Crippen molar-refractivity contribution in [3.05, 3.63) is 51.4 Å². The number of thiophene rings is 1. The number of nitrogens with one attached hydrogen (secondary N) is 1. The Morgan fingerprint density at radius 1 is 1.26 bits per heavy atom. The maximum absolute atomic E-state index is 13.0. The van der Waals surface area contributed by atoms with Crippen molar-refractivity contribution in [2.24, 2.45) is 0 Å². The van der Waals surface area contributed by atoms with Gasteiger partial charge in [-0.05, 0) is 37.1 Å². The third-order valence-electron chi connectivity index (χ3n) is 4.65. The molecule has 1 aliphatic rings. The van der Waals surface area contributed by atoms with Crippen molar-refractivity contribution in [3.63, 3.8) is 0 Å². The molecule has 0 aliphatic carbocycles. The van der Waals surface area contributed by atoms with E-state index in [9.17, 15) is 27.6 Å². The first kappa shape index (κ1) is 22.6. The molecule has 2 aromatic rings. The van der Waals surface area contributed by atoms with E-state index >= 15 is 0 Å². The average molecular weight is 456 g/mol. The van der Waals surface area contributed by atoms with E-state index in [2.05, 4.69) is 5.32 Å². The van der Waals surface area contributed by atoms with Crippen molar-refractivity contribution >= 4 is 34.3 Å². The topological polar surface area (TPSA) is 84.9 Å². The molecule has 3 rings (SSSR count). The van der Waals surface area contributed by atoms with Crippen molar-refractivity contribution in [2.45, 2.75) is 26.1 Å². The number of carbonyl (C=O) groups excluding carboxylic acids is 3. The van der Waals surface area contributed by atoms with E-state index in [1.807, 2.05) is 0 Å². The summed E-state index contributed by atoms with van der Waals surface area (Å²) in [6, 6.07) is 3.99. The number of halogens is 3. The van der Waals surface area contributed by atoms with Gasteiger partial charge in [0.15, 0.2) is 0 Å². The van der Waals surface area contributed by atoms with Gasteiger partial charge in [-0.25, -0.2) is 9.59 Å². The molecular formula is C20H19F3N2O5S. The molecule has 2 heterocycles. The fourth-order valence-corrected chi connectivity index (χ4v) is 4.44. The van der Waals surface area contributed by atoms with Gasteiger partial charge < -0.3 is 19.7 Å². The van der Waals surface area contributed by atoms with E-state index < -0.39 is 29.7 Å². The lowest BCUT2D eigenvalue weighted by atomic mass is 10.0. The van der Waals surface area contributed by atoms with Gasteiger partial charge in [-0.1, -0.05) is 6.07 Å². The van der Waals surface area contributed by atoms with Crippen LogP contribution in [0.3, 0.4) is 0 Å². The number of amides is 2. The zero-order valence-electron chi connectivity index (χ0n) is 16.7. The van der Waals surface area contributed by atoms with E-state index in [0.717, 1.165) is 29.5 Å². The van der Waals surface area contributed by atoms with E-state index in [1.54, 1.807) is 6.92 Å². The van der Waals surface area contributed by atoms with Gasteiger partial charge in [0, 0.05) is 17.0 Å². The number of rotatable bonds is 4. The molecule has 11 heteroatoms. The largest absolute Gasteiger partial charge is 0.465 e. The van der Waals surface area contributed by atoms with Crippen LogP contribution in [0, 0.1) is 0 Å². The van der Waals surface area contributed by atoms with Crippen LogP contribution in [-0.4, -0.2) is 43.1 Å². The summed E-state index contributed by atoms with van der Waals surface area (Å²) >= 11 is 1.07. The summed E-state index contributed by atoms with van der Waals surface area (Å²) in [6.07, 6.45) is -4.74. The molecule has 0 spiro atoms. The minimum atomic E-state index is -4.59. The fraction of sp³-hybridized carbons (Fsp3) is 0.350. The van der Waals surface area contributed by atoms with E-state index in [4.69, 9.17) is 9.47 Å². The molecule has 0 radical (unpaired) electrons. The number of esters is 1. The minimum Gasteiger partial charge on any atom is -0.465 e. The van der Waals surface area contributed by atoms with Crippen LogP contribution in [0.25, 0.3) is 0 Å². The number of fused-ring (bicyclic) bond motifs is 1. The Balaban J connectivity index is 1.91. The molecule has 0 atom stereocenters. The number of anilines is 1. The first-order valence-corrected chi connectivity index (χ1v) is 10.1. The maximum atomic E-state index is 13.0. The standard InChI is InChI=1S/C20H19F3N2O5S/c1-3-30-19(28)25-8-7-13-14(10-25)31-17(15(13)18(27)29-2)24-16(26)11-5-4-6-12(9-11)20(21,22)23/h4-6,9H,3,7-8,10H2,1-2H3,(H,24,26). The Bertz CT molecular complexity index is 1020. The summed E-state index contributed by atoms with van der Waals surface area (Å²) in [5.41, 5.74) is -0.378. The van der Waals surface area contributed by atoms with Crippen LogP contribution in [0.4, 0.5) is 23.0 Å². The SMILES string of the molecule is CCOC(=O)N1CCc2c(sc(NC(=O)c3cccc(C(F)(F)F)c3)c2C(=O)OC)C1. The van der Waals surface area contributed by atoms with Crippen molar-refractivity contribution in [1.29, 1.82) is 0 Å². The fourth-order valence-electron chi connectivity index (χ4n) is 3.19. The molecule has 0 fully saturated rings. The average Bonchev–Trinajstić information content (AvgIpc) is 3.09. The number of alkyl halides is 3. The zero-order valence-corrected chi connectivity index (χ0v) is 17.5. The highest BCUT2D eigenvalue weighted by molar-refractivity contribution is 7.17. The Morgan fingerprint density at radius 2 is 2.00 bits per heavy atom. The molecule has 31 heavy (non-hydrogen) atoms. The Morgan fingerprint density at radius 3 is 2.65 bits per heavy atom. The predicted molar refractivity (Wildman–Crippen MR) is 106 cm³/mol. The molecule has 0 saturated carbocycles. The highest BCUT2D eigenvalue weighted by Crippen LogP contribution is 2.38. The monoisotopic (exact) mass is 456 g/mol. The normalized spacial score (nSPS) is 13.4.